The molecule has 3 heterocycles. The van der Waals surface area contributed by atoms with Crippen molar-refractivity contribution in [2.24, 2.45) is 0 Å². The van der Waals surface area contributed by atoms with Crippen LogP contribution in [0.15, 0.2) is 29.1 Å². The third kappa shape index (κ3) is 5.98. The first-order chi connectivity index (χ1) is 15.2. The summed E-state index contributed by atoms with van der Waals surface area (Å²) in [6.07, 6.45) is 0.470. The van der Waals surface area contributed by atoms with Crippen LogP contribution in [0.25, 0.3) is 10.8 Å². The van der Waals surface area contributed by atoms with E-state index in [9.17, 15) is 26.0 Å². The Kier molecular flexibility index (Phi) is 7.73. The Morgan fingerprint density at radius 1 is 1.16 bits per heavy atom. The number of sulfone groups is 1. The quantitative estimate of drug-likeness (QED) is 0.368. The van der Waals surface area contributed by atoms with Crippen molar-refractivity contribution >= 4 is 21.2 Å². The molecule has 0 aliphatic rings. The van der Waals surface area contributed by atoms with E-state index in [1.165, 1.54) is 19.5 Å². The number of alkyl halides is 4. The van der Waals surface area contributed by atoms with Crippen molar-refractivity contribution in [3.63, 3.8) is 0 Å². The molecule has 0 saturated heterocycles. The van der Waals surface area contributed by atoms with Gasteiger partial charge in [0.1, 0.15) is 10.6 Å². The number of pyridine rings is 1. The Morgan fingerprint density at radius 3 is 2.59 bits per heavy atom. The molecule has 3 aromatic heterocycles. The predicted molar refractivity (Wildman–Crippen MR) is 103 cm³/mol. The van der Waals surface area contributed by atoms with Crippen LogP contribution in [0.1, 0.15) is 28.1 Å². The van der Waals surface area contributed by atoms with Gasteiger partial charge in [-0.2, -0.15) is 17.6 Å². The minimum absolute atomic E-state index is 0.0823. The van der Waals surface area contributed by atoms with E-state index in [1.54, 1.807) is 0 Å². The van der Waals surface area contributed by atoms with Gasteiger partial charge in [-0.05, 0) is 11.6 Å². The number of ether oxygens (including phenoxy) is 2. The lowest BCUT2D eigenvalue weighted by atomic mass is 10.1. The van der Waals surface area contributed by atoms with Crippen molar-refractivity contribution in [3.05, 3.63) is 41.1 Å². The lowest BCUT2D eigenvalue weighted by Gasteiger charge is -2.17. The largest absolute Gasteiger partial charge is 0.433 e. The molecule has 0 spiro atoms. The van der Waals surface area contributed by atoms with Crippen molar-refractivity contribution < 1.29 is 39.9 Å². The summed E-state index contributed by atoms with van der Waals surface area (Å²) in [5.74, 6) is -1.67. The molecule has 0 saturated carbocycles. The summed E-state index contributed by atoms with van der Waals surface area (Å²) in [6.45, 7) is -3.19. The summed E-state index contributed by atoms with van der Waals surface area (Å²) in [5.41, 5.74) is 0.119. The lowest BCUT2D eigenvalue weighted by Crippen LogP contribution is -2.22. The van der Waals surface area contributed by atoms with Crippen LogP contribution in [-0.2, 0) is 21.0 Å². The molecule has 0 aromatic carbocycles. The fourth-order valence-electron chi connectivity index (χ4n) is 2.66. The molecule has 174 valence electrons. The highest BCUT2D eigenvalue weighted by atomic mass is 32.2. The molecule has 0 amide bonds. The van der Waals surface area contributed by atoms with Gasteiger partial charge in [0.2, 0.25) is 0 Å². The summed E-state index contributed by atoms with van der Waals surface area (Å²) in [4.78, 5) is 8.17. The van der Waals surface area contributed by atoms with Crippen LogP contribution < -0.4 is 4.74 Å². The zero-order chi connectivity index (χ0) is 23.3. The fraction of sp³-hybridized carbons (Fsp3) is 0.412. The minimum Gasteiger partial charge on any atom is -0.433 e. The molecular formula is C17H16F4N4O5S2. The number of hydrogen-bond donors (Lipinski definition) is 0. The van der Waals surface area contributed by atoms with E-state index >= 15 is 0 Å². The number of hydrogen-bond acceptors (Lipinski definition) is 10. The highest BCUT2D eigenvalue weighted by Gasteiger charge is 2.30. The molecule has 0 aliphatic heterocycles. The molecule has 0 aliphatic carbocycles. The van der Waals surface area contributed by atoms with Crippen molar-refractivity contribution in [3.8, 4) is 16.5 Å². The standard InChI is InChI=1S/C17H16F4N4O5S2/c1-28-2-3-32(26,27)12(9-4-10(7-22-6-9)29-17(20)21)5-13-23-8-11(31-13)15-24-25-16(30-15)14(18)19/h4,6-8,12,14,17H,2-3,5H2,1H3. The van der Waals surface area contributed by atoms with Gasteiger partial charge in [0.25, 0.3) is 11.8 Å². The summed E-state index contributed by atoms with van der Waals surface area (Å²) in [5, 5.41) is 5.87. The first-order valence-corrected chi connectivity index (χ1v) is 11.4. The average molecular weight is 496 g/mol. The molecule has 15 heteroatoms. The van der Waals surface area contributed by atoms with Gasteiger partial charge < -0.3 is 13.9 Å². The minimum atomic E-state index is -3.84. The molecule has 0 radical (unpaired) electrons. The molecule has 32 heavy (non-hydrogen) atoms. The fourth-order valence-corrected chi connectivity index (χ4v) is 5.29. The average Bonchev–Trinajstić information content (AvgIpc) is 3.39. The van der Waals surface area contributed by atoms with Gasteiger partial charge in [-0.25, -0.2) is 13.4 Å². The summed E-state index contributed by atoms with van der Waals surface area (Å²) >= 11 is 0.969. The molecule has 3 rings (SSSR count). The highest BCUT2D eigenvalue weighted by Crippen LogP contribution is 2.33. The Labute approximate surface area is 183 Å². The predicted octanol–water partition coefficient (Wildman–Crippen LogP) is 3.47. The van der Waals surface area contributed by atoms with Crippen LogP contribution >= 0.6 is 11.3 Å². The van der Waals surface area contributed by atoms with E-state index in [-0.39, 0.29) is 40.9 Å². The number of thiazole rings is 1. The zero-order valence-electron chi connectivity index (χ0n) is 16.3. The highest BCUT2D eigenvalue weighted by molar-refractivity contribution is 7.91. The smallest absolute Gasteiger partial charge is 0.387 e. The van der Waals surface area contributed by atoms with E-state index in [1.807, 2.05) is 0 Å². The van der Waals surface area contributed by atoms with Crippen LogP contribution in [0.5, 0.6) is 5.75 Å². The topological polar surface area (TPSA) is 117 Å². The first-order valence-electron chi connectivity index (χ1n) is 8.86. The van der Waals surface area contributed by atoms with Gasteiger partial charge in [0, 0.05) is 19.7 Å². The zero-order valence-corrected chi connectivity index (χ0v) is 18.0. The van der Waals surface area contributed by atoms with Crippen LogP contribution in [0.3, 0.4) is 0 Å². The van der Waals surface area contributed by atoms with E-state index in [0.29, 0.717) is 5.01 Å². The summed E-state index contributed by atoms with van der Waals surface area (Å²) in [6, 6.07) is 1.16. The number of aromatic nitrogens is 4. The number of rotatable bonds is 11. The van der Waals surface area contributed by atoms with Crippen molar-refractivity contribution in [1.82, 2.24) is 20.2 Å². The molecule has 1 atom stereocenters. The van der Waals surface area contributed by atoms with Crippen LogP contribution in [0.4, 0.5) is 17.6 Å². The van der Waals surface area contributed by atoms with Crippen LogP contribution in [-0.4, -0.2) is 54.7 Å². The van der Waals surface area contributed by atoms with Crippen molar-refractivity contribution in [2.75, 3.05) is 19.5 Å². The second kappa shape index (κ2) is 10.3. The van der Waals surface area contributed by atoms with Gasteiger partial charge in [0.05, 0.1) is 35.0 Å². The Morgan fingerprint density at radius 2 is 1.94 bits per heavy atom. The Balaban J connectivity index is 1.90. The second-order valence-corrected chi connectivity index (χ2v) is 9.67. The van der Waals surface area contributed by atoms with Crippen LogP contribution in [0.2, 0.25) is 0 Å². The summed E-state index contributed by atoms with van der Waals surface area (Å²) < 4.78 is 90.3. The van der Waals surface area contributed by atoms with Crippen molar-refractivity contribution in [2.45, 2.75) is 24.7 Å². The summed E-state index contributed by atoms with van der Waals surface area (Å²) in [7, 11) is -2.49. The Hall–Kier alpha value is -2.65. The molecule has 9 nitrogen and oxygen atoms in total. The molecule has 1 unspecified atom stereocenters. The van der Waals surface area contributed by atoms with Gasteiger partial charge in [-0.3, -0.25) is 4.98 Å². The van der Waals surface area contributed by atoms with E-state index in [4.69, 9.17) is 9.15 Å². The monoisotopic (exact) mass is 496 g/mol. The van der Waals surface area contributed by atoms with E-state index < -0.39 is 34.0 Å². The van der Waals surface area contributed by atoms with Gasteiger partial charge in [-0.15, -0.1) is 21.5 Å². The van der Waals surface area contributed by atoms with Crippen LogP contribution in [0, 0.1) is 0 Å². The van der Waals surface area contributed by atoms with Gasteiger partial charge >= 0.3 is 13.0 Å². The molecular weight excluding hydrogens is 480 g/mol. The normalized spacial score (nSPS) is 13.1. The molecule has 3 aromatic rings. The second-order valence-electron chi connectivity index (χ2n) is 6.25. The molecule has 0 bridgehead atoms. The SMILES string of the molecule is COCCS(=O)(=O)C(Cc1ncc(-c2nnc(C(F)F)o2)s1)c1cncc(OC(F)F)c1. The van der Waals surface area contributed by atoms with Gasteiger partial charge in [0.15, 0.2) is 9.84 Å². The molecule has 0 N–H and O–H groups in total. The maximum absolute atomic E-state index is 12.9. The number of methoxy groups -OCH3 is 1. The van der Waals surface area contributed by atoms with E-state index in [2.05, 4.69) is 24.9 Å². The third-order valence-corrected chi connectivity index (χ3v) is 7.14. The van der Waals surface area contributed by atoms with Crippen molar-refractivity contribution in [1.29, 1.82) is 0 Å². The lowest BCUT2D eigenvalue weighted by molar-refractivity contribution is -0.0501. The third-order valence-electron chi connectivity index (χ3n) is 4.09. The van der Waals surface area contributed by atoms with E-state index in [0.717, 1.165) is 23.6 Å². The first kappa shape index (κ1) is 24.0. The van der Waals surface area contributed by atoms with Gasteiger partial charge in [-0.1, -0.05) is 0 Å². The number of halogens is 4. The number of nitrogens with zero attached hydrogens (tertiary/aromatic N) is 4. The Bertz CT molecular complexity index is 1140. The molecule has 0 fully saturated rings. The maximum atomic E-state index is 12.9. The maximum Gasteiger partial charge on any atom is 0.387 e.